The number of aromatic nitrogens is 1. The molecule has 6 nitrogen and oxygen atoms in total. The summed E-state index contributed by atoms with van der Waals surface area (Å²) in [6.07, 6.45) is -3.45. The molecule has 0 unspecified atom stereocenters. The van der Waals surface area contributed by atoms with Crippen LogP contribution < -0.4 is 19.6 Å². The van der Waals surface area contributed by atoms with Crippen molar-refractivity contribution in [3.8, 4) is 5.75 Å². The minimum Gasteiger partial charge on any atom is -0.487 e. The van der Waals surface area contributed by atoms with E-state index in [0.717, 1.165) is 21.5 Å². The first kappa shape index (κ1) is 32.7. The van der Waals surface area contributed by atoms with Crippen LogP contribution in [-0.2, 0) is 16.1 Å². The lowest BCUT2D eigenvalue weighted by atomic mass is 9.95. The van der Waals surface area contributed by atoms with Crippen molar-refractivity contribution in [3.63, 3.8) is 0 Å². The average molecular weight is 838 g/mol. The second-order valence-electron chi connectivity index (χ2n) is 9.31. The smallest absolute Gasteiger partial charge is 0.434 e. The van der Waals surface area contributed by atoms with E-state index in [1.165, 1.54) is 31.2 Å². The van der Waals surface area contributed by atoms with Crippen LogP contribution in [0, 0.1) is 3.57 Å². The van der Waals surface area contributed by atoms with Crippen LogP contribution in [0.25, 0.3) is 6.08 Å². The number of carbonyl (C=O) groups is 1. The summed E-state index contributed by atoms with van der Waals surface area (Å²) < 4.78 is 56.5. The van der Waals surface area contributed by atoms with Crippen LogP contribution in [0.2, 0.25) is 10.0 Å². The molecule has 14 heteroatoms. The number of benzene rings is 3. The van der Waals surface area contributed by atoms with Crippen molar-refractivity contribution in [1.29, 1.82) is 0 Å². The van der Waals surface area contributed by atoms with Gasteiger partial charge < -0.3 is 9.47 Å². The van der Waals surface area contributed by atoms with E-state index in [4.69, 9.17) is 32.7 Å². The Kier molecular flexibility index (Phi) is 9.95. The molecule has 4 aromatic rings. The maximum Gasteiger partial charge on any atom is 0.434 e. The van der Waals surface area contributed by atoms with E-state index in [1.54, 1.807) is 24.3 Å². The summed E-state index contributed by atoms with van der Waals surface area (Å²) in [4.78, 5) is 30.4. The number of alkyl halides is 3. The predicted molar refractivity (Wildman–Crippen MR) is 175 cm³/mol. The molecule has 3 aromatic carbocycles. The highest BCUT2D eigenvalue weighted by Crippen LogP contribution is 2.39. The van der Waals surface area contributed by atoms with Gasteiger partial charge in [0, 0.05) is 15.6 Å². The molecule has 0 fully saturated rings. The number of hydrogen-bond donors (Lipinski definition) is 0. The van der Waals surface area contributed by atoms with Gasteiger partial charge in [-0.2, -0.15) is 13.2 Å². The lowest BCUT2D eigenvalue weighted by Crippen LogP contribution is -2.41. The molecule has 5 rings (SSSR count). The molecule has 1 aliphatic heterocycles. The molecule has 2 heterocycles. The number of esters is 1. The number of nitrogens with zero attached hydrogens (tertiary/aromatic N) is 2. The van der Waals surface area contributed by atoms with Gasteiger partial charge in [-0.15, -0.1) is 0 Å². The normalized spacial score (nSPS) is 15.2. The molecule has 228 valence electrons. The van der Waals surface area contributed by atoms with E-state index in [-0.39, 0.29) is 28.1 Å². The molecule has 0 bridgehead atoms. The van der Waals surface area contributed by atoms with Crippen molar-refractivity contribution in [2.45, 2.75) is 25.7 Å². The largest absolute Gasteiger partial charge is 0.487 e. The number of allylic oxidation sites excluding steroid dienone is 1. The van der Waals surface area contributed by atoms with Gasteiger partial charge in [-0.05, 0) is 93.0 Å². The third-order valence-electron chi connectivity index (χ3n) is 6.43. The molecule has 1 aromatic heterocycles. The highest BCUT2D eigenvalue weighted by Gasteiger charge is 2.45. The number of carbonyl (C=O) groups excluding carboxylic acids is 1. The van der Waals surface area contributed by atoms with Crippen LogP contribution in [0.1, 0.15) is 29.7 Å². The van der Waals surface area contributed by atoms with Crippen LogP contribution in [0.4, 0.5) is 13.2 Å². The van der Waals surface area contributed by atoms with Crippen molar-refractivity contribution in [2.75, 3.05) is 6.61 Å². The third kappa shape index (κ3) is 6.79. The zero-order valence-corrected chi connectivity index (χ0v) is 28.5. The first-order valence-electron chi connectivity index (χ1n) is 12.8. The van der Waals surface area contributed by atoms with E-state index in [1.807, 2.05) is 18.2 Å². The zero-order valence-electron chi connectivity index (χ0n) is 22.4. The van der Waals surface area contributed by atoms with Crippen LogP contribution in [0.5, 0.6) is 5.75 Å². The zero-order chi connectivity index (χ0) is 31.8. The average Bonchev–Trinajstić information content (AvgIpc) is 3.27. The fourth-order valence-electron chi connectivity index (χ4n) is 4.52. The Balaban J connectivity index is 1.63. The topological polar surface area (TPSA) is 69.9 Å². The Morgan fingerprint density at radius 3 is 2.50 bits per heavy atom. The van der Waals surface area contributed by atoms with Gasteiger partial charge in [0.2, 0.25) is 0 Å². The van der Waals surface area contributed by atoms with Gasteiger partial charge >= 0.3 is 12.1 Å². The predicted octanol–water partition coefficient (Wildman–Crippen LogP) is 7.59. The summed E-state index contributed by atoms with van der Waals surface area (Å²) in [5.74, 6) is -0.663. The lowest BCUT2D eigenvalue weighted by Gasteiger charge is -2.26. The summed E-state index contributed by atoms with van der Waals surface area (Å²) in [5.41, 5.74) is -1.20. The van der Waals surface area contributed by atoms with E-state index < -0.39 is 35.0 Å². The first-order valence-corrected chi connectivity index (χ1v) is 16.2. The van der Waals surface area contributed by atoms with Crippen LogP contribution in [-0.4, -0.2) is 23.3 Å². The number of fused-ring (bicyclic) bond motifs is 1. The quantitative estimate of drug-likeness (QED) is 0.142. The molecule has 0 N–H and O–H groups in total. The van der Waals surface area contributed by atoms with Crippen molar-refractivity contribution in [3.05, 3.63) is 126 Å². The number of thiazole rings is 1. The fraction of sp³-hybridized carbons (Fsp3) is 0.167. The van der Waals surface area contributed by atoms with Crippen LogP contribution >= 0.6 is 73.1 Å². The molecule has 1 aliphatic rings. The Morgan fingerprint density at radius 2 is 1.86 bits per heavy atom. The number of ether oxygens (including phenoxy) is 2. The highest BCUT2D eigenvalue weighted by molar-refractivity contribution is 14.1. The molecular formula is C30H19BrCl2F3IN2O4S. The van der Waals surface area contributed by atoms with E-state index in [9.17, 15) is 22.8 Å². The fourth-order valence-corrected chi connectivity index (χ4v) is 7.60. The summed E-state index contributed by atoms with van der Waals surface area (Å²) in [6.45, 7) is 1.53. The highest BCUT2D eigenvalue weighted by atomic mass is 127. The second-order valence-corrected chi connectivity index (χ2v) is 13.2. The van der Waals surface area contributed by atoms with Crippen molar-refractivity contribution < 1.29 is 27.4 Å². The van der Waals surface area contributed by atoms with Gasteiger partial charge in [-0.25, -0.2) is 9.79 Å². The standard InChI is InChI=1S/C30H19BrCl2F3IN2O4S/c1-2-42-28(41)23-24(16-7-9-18(32)10-8-16)39-27(40)22(44-29(39)38-26(23)30(34,35)36)13-15-11-19(31)25(21(37)12-15)43-14-17-5-3-4-6-20(17)33/h3-13,24H,2,14H2,1H3/b22-13-/t24-/m0/s1. The summed E-state index contributed by atoms with van der Waals surface area (Å²) in [7, 11) is 0. The first-order chi connectivity index (χ1) is 20.9. The molecule has 44 heavy (non-hydrogen) atoms. The molecule has 0 saturated heterocycles. The van der Waals surface area contributed by atoms with Crippen molar-refractivity contribution in [2.24, 2.45) is 4.99 Å². The maximum atomic E-state index is 14.3. The summed E-state index contributed by atoms with van der Waals surface area (Å²) in [5, 5.41) is 0.903. The van der Waals surface area contributed by atoms with Crippen LogP contribution in [0.15, 0.2) is 86.2 Å². The number of hydrogen-bond acceptors (Lipinski definition) is 6. The van der Waals surface area contributed by atoms with Gasteiger partial charge in [0.1, 0.15) is 12.4 Å². The van der Waals surface area contributed by atoms with Gasteiger partial charge in [-0.3, -0.25) is 9.36 Å². The number of rotatable bonds is 7. The van der Waals surface area contributed by atoms with Crippen molar-refractivity contribution in [1.82, 2.24) is 4.57 Å². The molecule has 0 spiro atoms. The van der Waals surface area contributed by atoms with Gasteiger partial charge in [0.15, 0.2) is 10.5 Å². The van der Waals surface area contributed by atoms with E-state index >= 15 is 0 Å². The van der Waals surface area contributed by atoms with Crippen LogP contribution in [0.3, 0.4) is 0 Å². The van der Waals surface area contributed by atoms with Gasteiger partial charge in [-0.1, -0.05) is 64.9 Å². The van der Waals surface area contributed by atoms with E-state index in [2.05, 4.69) is 43.5 Å². The maximum absolute atomic E-state index is 14.3. The molecule has 0 aliphatic carbocycles. The Morgan fingerprint density at radius 1 is 1.16 bits per heavy atom. The molecule has 0 amide bonds. The Hall–Kier alpha value is -2.65. The summed E-state index contributed by atoms with van der Waals surface area (Å²) in [6, 6.07) is 15.2. The Bertz CT molecular complexity index is 1950. The molecular weight excluding hydrogens is 819 g/mol. The third-order valence-corrected chi connectivity index (χ3v) is 9.42. The SMILES string of the molecule is CCOC(=O)C1=C(C(F)(F)F)N=c2s/c(=C\c3cc(Br)c(OCc4ccccc4Cl)c(I)c3)c(=O)n2[C@H]1c1ccc(Cl)cc1. The summed E-state index contributed by atoms with van der Waals surface area (Å²) >= 11 is 18.7. The minimum atomic E-state index is -5.00. The molecule has 1 atom stereocenters. The number of halogens is 7. The lowest BCUT2D eigenvalue weighted by molar-refractivity contribution is -0.140. The monoisotopic (exact) mass is 836 g/mol. The van der Waals surface area contributed by atoms with Gasteiger partial charge in [0.05, 0.1) is 30.8 Å². The molecule has 0 radical (unpaired) electrons. The van der Waals surface area contributed by atoms with Gasteiger partial charge in [0.25, 0.3) is 5.56 Å². The second kappa shape index (κ2) is 13.4. The minimum absolute atomic E-state index is 0.113. The van der Waals surface area contributed by atoms with E-state index in [0.29, 0.717) is 29.4 Å². The van der Waals surface area contributed by atoms with Crippen molar-refractivity contribution >= 4 is 85.1 Å². The molecule has 0 saturated carbocycles. The Labute approximate surface area is 284 Å².